The van der Waals surface area contributed by atoms with E-state index in [2.05, 4.69) is 10.6 Å². The third kappa shape index (κ3) is 7.69. The summed E-state index contributed by atoms with van der Waals surface area (Å²) in [4.78, 5) is 35.6. The number of hydrogen-bond acceptors (Lipinski definition) is 5. The van der Waals surface area contributed by atoms with Gasteiger partial charge in [0.2, 0.25) is 0 Å². The van der Waals surface area contributed by atoms with Gasteiger partial charge in [0, 0.05) is 6.42 Å². The minimum atomic E-state index is -0.910. The molecule has 2 N–H and O–H groups in total. The SMILES string of the molecule is CCOC(=O)CC[C@H](NC(=O)N[C@H](C)c1ccccc1)C(=O)OCC. The van der Waals surface area contributed by atoms with E-state index in [4.69, 9.17) is 9.47 Å². The number of carbonyl (C=O) groups excluding carboxylic acids is 3. The van der Waals surface area contributed by atoms with E-state index in [1.165, 1.54) is 0 Å². The molecule has 0 saturated carbocycles. The molecule has 1 aromatic rings. The highest BCUT2D eigenvalue weighted by molar-refractivity contribution is 5.84. The van der Waals surface area contributed by atoms with Crippen molar-refractivity contribution in [3.63, 3.8) is 0 Å². The Labute approximate surface area is 148 Å². The normalized spacial score (nSPS) is 12.6. The van der Waals surface area contributed by atoms with Crippen molar-refractivity contribution in [1.82, 2.24) is 10.6 Å². The van der Waals surface area contributed by atoms with Crippen molar-refractivity contribution < 1.29 is 23.9 Å². The summed E-state index contributed by atoms with van der Waals surface area (Å²) >= 11 is 0. The van der Waals surface area contributed by atoms with Gasteiger partial charge in [-0.2, -0.15) is 0 Å². The summed E-state index contributed by atoms with van der Waals surface area (Å²) in [5.74, 6) is -0.994. The zero-order valence-electron chi connectivity index (χ0n) is 14.9. The van der Waals surface area contributed by atoms with Crippen LogP contribution in [-0.4, -0.2) is 37.2 Å². The molecule has 0 saturated heterocycles. The van der Waals surface area contributed by atoms with Gasteiger partial charge in [0.05, 0.1) is 19.3 Å². The summed E-state index contributed by atoms with van der Waals surface area (Å²) in [6.07, 6.45) is 0.136. The van der Waals surface area contributed by atoms with Crippen molar-refractivity contribution in [1.29, 1.82) is 0 Å². The van der Waals surface area contributed by atoms with Crippen LogP contribution in [0.5, 0.6) is 0 Å². The number of esters is 2. The summed E-state index contributed by atoms with van der Waals surface area (Å²) in [6, 6.07) is 7.81. The van der Waals surface area contributed by atoms with Gasteiger partial charge in [-0.25, -0.2) is 9.59 Å². The van der Waals surface area contributed by atoms with Crippen LogP contribution in [0.2, 0.25) is 0 Å². The van der Waals surface area contributed by atoms with Gasteiger partial charge in [-0.15, -0.1) is 0 Å². The molecule has 0 bridgehead atoms. The number of amides is 2. The van der Waals surface area contributed by atoms with Gasteiger partial charge < -0.3 is 20.1 Å². The molecule has 1 rings (SSSR count). The van der Waals surface area contributed by atoms with E-state index in [1.807, 2.05) is 37.3 Å². The summed E-state index contributed by atoms with van der Waals surface area (Å²) in [5, 5.41) is 5.33. The fourth-order valence-corrected chi connectivity index (χ4v) is 2.21. The van der Waals surface area contributed by atoms with Crippen LogP contribution in [0.4, 0.5) is 4.79 Å². The maximum absolute atomic E-state index is 12.2. The first kappa shape index (κ1) is 20.5. The fourth-order valence-electron chi connectivity index (χ4n) is 2.21. The van der Waals surface area contributed by atoms with Crippen LogP contribution < -0.4 is 10.6 Å². The molecule has 0 radical (unpaired) electrons. The van der Waals surface area contributed by atoms with Crippen LogP contribution in [0.15, 0.2) is 30.3 Å². The monoisotopic (exact) mass is 350 g/mol. The van der Waals surface area contributed by atoms with Gasteiger partial charge in [0.1, 0.15) is 6.04 Å². The Kier molecular flexibility index (Phi) is 9.06. The number of hydrogen-bond donors (Lipinski definition) is 2. The maximum Gasteiger partial charge on any atom is 0.328 e. The van der Waals surface area contributed by atoms with Crippen LogP contribution in [0, 0.1) is 0 Å². The number of carbonyl (C=O) groups is 3. The van der Waals surface area contributed by atoms with E-state index < -0.39 is 24.0 Å². The molecule has 0 aliphatic carbocycles. The molecular weight excluding hydrogens is 324 g/mol. The van der Waals surface area contributed by atoms with Gasteiger partial charge in [0.25, 0.3) is 0 Å². The van der Waals surface area contributed by atoms with E-state index in [0.29, 0.717) is 0 Å². The van der Waals surface area contributed by atoms with Crippen LogP contribution >= 0.6 is 0 Å². The molecule has 25 heavy (non-hydrogen) atoms. The number of urea groups is 1. The Morgan fingerprint density at radius 1 is 1.00 bits per heavy atom. The van der Waals surface area contributed by atoms with E-state index in [0.717, 1.165) is 5.56 Å². The van der Waals surface area contributed by atoms with E-state index in [-0.39, 0.29) is 32.1 Å². The predicted molar refractivity (Wildman–Crippen MR) is 92.8 cm³/mol. The molecule has 0 heterocycles. The molecule has 0 fully saturated rings. The van der Waals surface area contributed by atoms with Crippen molar-refractivity contribution in [2.45, 2.75) is 45.7 Å². The average Bonchev–Trinajstić information content (AvgIpc) is 2.59. The Bertz CT molecular complexity index is 562. The highest BCUT2D eigenvalue weighted by atomic mass is 16.5. The van der Waals surface area contributed by atoms with Crippen LogP contribution in [-0.2, 0) is 19.1 Å². The first-order valence-corrected chi connectivity index (χ1v) is 8.42. The molecule has 0 spiro atoms. The molecule has 0 unspecified atom stereocenters. The lowest BCUT2D eigenvalue weighted by Crippen LogP contribution is -2.47. The Morgan fingerprint density at radius 2 is 1.64 bits per heavy atom. The van der Waals surface area contributed by atoms with Crippen molar-refractivity contribution in [3.05, 3.63) is 35.9 Å². The number of benzene rings is 1. The molecule has 7 nitrogen and oxygen atoms in total. The predicted octanol–water partition coefficient (Wildman–Crippen LogP) is 2.32. The lowest BCUT2D eigenvalue weighted by molar-refractivity contribution is -0.146. The molecular formula is C18H26N2O5. The summed E-state index contributed by atoms with van der Waals surface area (Å²) in [5.41, 5.74) is 0.942. The molecule has 2 amide bonds. The Balaban J connectivity index is 2.61. The van der Waals surface area contributed by atoms with Gasteiger partial charge in [0.15, 0.2) is 0 Å². The van der Waals surface area contributed by atoms with Crippen molar-refractivity contribution in [2.75, 3.05) is 13.2 Å². The molecule has 2 atom stereocenters. The third-order valence-electron chi connectivity index (χ3n) is 3.47. The highest BCUT2D eigenvalue weighted by Crippen LogP contribution is 2.11. The lowest BCUT2D eigenvalue weighted by atomic mass is 10.1. The maximum atomic E-state index is 12.2. The largest absolute Gasteiger partial charge is 0.466 e. The minimum Gasteiger partial charge on any atom is -0.466 e. The second-order valence-electron chi connectivity index (χ2n) is 5.40. The van der Waals surface area contributed by atoms with E-state index >= 15 is 0 Å². The van der Waals surface area contributed by atoms with Crippen LogP contribution in [0.25, 0.3) is 0 Å². The van der Waals surface area contributed by atoms with Crippen molar-refractivity contribution in [3.8, 4) is 0 Å². The molecule has 0 aromatic heterocycles. The fraction of sp³-hybridized carbons (Fsp3) is 0.500. The second-order valence-corrected chi connectivity index (χ2v) is 5.40. The van der Waals surface area contributed by atoms with Gasteiger partial charge >= 0.3 is 18.0 Å². The van der Waals surface area contributed by atoms with E-state index in [9.17, 15) is 14.4 Å². The second kappa shape index (κ2) is 11.1. The van der Waals surface area contributed by atoms with Gasteiger partial charge in [-0.05, 0) is 32.8 Å². The summed E-state index contributed by atoms with van der Waals surface area (Å²) in [6.45, 7) is 5.69. The smallest absolute Gasteiger partial charge is 0.328 e. The third-order valence-corrected chi connectivity index (χ3v) is 3.47. The zero-order valence-corrected chi connectivity index (χ0v) is 14.9. The topological polar surface area (TPSA) is 93.7 Å². The quantitative estimate of drug-likeness (QED) is 0.667. The van der Waals surface area contributed by atoms with Crippen molar-refractivity contribution in [2.24, 2.45) is 0 Å². The minimum absolute atomic E-state index is 0.0197. The average molecular weight is 350 g/mol. The van der Waals surface area contributed by atoms with Crippen LogP contribution in [0.1, 0.15) is 45.2 Å². The first-order chi connectivity index (χ1) is 12.0. The summed E-state index contributed by atoms with van der Waals surface area (Å²) in [7, 11) is 0. The van der Waals surface area contributed by atoms with E-state index in [1.54, 1.807) is 13.8 Å². The molecule has 7 heteroatoms. The first-order valence-electron chi connectivity index (χ1n) is 8.42. The highest BCUT2D eigenvalue weighted by Gasteiger charge is 2.24. The molecule has 138 valence electrons. The van der Waals surface area contributed by atoms with Crippen LogP contribution in [0.3, 0.4) is 0 Å². The zero-order chi connectivity index (χ0) is 18.7. The van der Waals surface area contributed by atoms with Gasteiger partial charge in [-0.3, -0.25) is 4.79 Å². The number of ether oxygens (including phenoxy) is 2. The number of rotatable bonds is 9. The molecule has 0 aliphatic rings. The standard InChI is InChI=1S/C18H26N2O5/c1-4-24-16(21)12-11-15(17(22)25-5-2)20-18(23)19-13(3)14-9-7-6-8-10-14/h6-10,13,15H,4-5,11-12H2,1-3H3,(H2,19,20,23)/t13-,15+/m1/s1. The lowest BCUT2D eigenvalue weighted by Gasteiger charge is -2.20. The summed E-state index contributed by atoms with van der Waals surface area (Å²) < 4.78 is 9.79. The van der Waals surface area contributed by atoms with Crippen molar-refractivity contribution >= 4 is 18.0 Å². The van der Waals surface area contributed by atoms with Gasteiger partial charge in [-0.1, -0.05) is 30.3 Å². The molecule has 0 aliphatic heterocycles. The Hall–Kier alpha value is -2.57. The molecule has 1 aromatic carbocycles. The number of nitrogens with one attached hydrogen (secondary N) is 2. The Morgan fingerprint density at radius 3 is 2.24 bits per heavy atom.